The number of aryl methyl sites for hydroxylation is 1. The Morgan fingerprint density at radius 3 is 2.74 bits per heavy atom. The lowest BCUT2D eigenvalue weighted by Gasteiger charge is -2.30. The highest BCUT2D eigenvalue weighted by atomic mass is 32.1. The van der Waals surface area contributed by atoms with Gasteiger partial charge in [-0.3, -0.25) is 9.69 Å². The lowest BCUT2D eigenvalue weighted by molar-refractivity contribution is 0.0903. The lowest BCUT2D eigenvalue weighted by Crippen LogP contribution is -2.37. The van der Waals surface area contributed by atoms with Crippen LogP contribution in [-0.2, 0) is 11.3 Å². The number of thiazole rings is 1. The second kappa shape index (κ2) is 8.85. The summed E-state index contributed by atoms with van der Waals surface area (Å²) in [5.41, 5.74) is 4.23. The van der Waals surface area contributed by atoms with E-state index in [0.29, 0.717) is 12.5 Å². The molecule has 0 bridgehead atoms. The Hall–Kier alpha value is -2.02. The number of Topliss-reactive ketones (excluding diaryl/α,β-unsaturated/α-hetero) is 1. The van der Waals surface area contributed by atoms with E-state index in [4.69, 9.17) is 9.72 Å². The van der Waals surface area contributed by atoms with E-state index in [9.17, 15) is 4.79 Å². The number of aromatic nitrogens is 2. The molecule has 0 aliphatic carbocycles. The second-order valence-electron chi connectivity index (χ2n) is 9.02. The van der Waals surface area contributed by atoms with E-state index in [1.54, 1.807) is 0 Å². The monoisotopic (exact) mass is 437 g/mol. The molecule has 4 heterocycles. The van der Waals surface area contributed by atoms with Crippen LogP contribution in [0.5, 0.6) is 0 Å². The first kappa shape index (κ1) is 20.9. The van der Waals surface area contributed by atoms with Gasteiger partial charge in [-0.15, -0.1) is 11.3 Å². The third-order valence-electron chi connectivity index (χ3n) is 6.90. The Morgan fingerprint density at radius 2 is 2.00 bits per heavy atom. The van der Waals surface area contributed by atoms with Crippen molar-refractivity contribution < 1.29 is 9.53 Å². The Kier molecular flexibility index (Phi) is 5.95. The van der Waals surface area contributed by atoms with E-state index in [1.807, 2.05) is 11.3 Å². The number of piperidine rings is 1. The molecule has 2 aliphatic heterocycles. The first-order valence-electron chi connectivity index (χ1n) is 11.5. The summed E-state index contributed by atoms with van der Waals surface area (Å²) in [4.78, 5) is 20.3. The van der Waals surface area contributed by atoms with Crippen LogP contribution in [-0.4, -0.2) is 52.6 Å². The van der Waals surface area contributed by atoms with Gasteiger partial charge in [-0.05, 0) is 70.8 Å². The number of ketones is 1. The van der Waals surface area contributed by atoms with Gasteiger partial charge in [-0.1, -0.05) is 12.1 Å². The number of rotatable bonds is 6. The summed E-state index contributed by atoms with van der Waals surface area (Å²) in [6.45, 7) is 8.33. The fourth-order valence-electron chi connectivity index (χ4n) is 5.05. The number of hydrogen-bond acceptors (Lipinski definition) is 5. The molecule has 2 aliphatic rings. The van der Waals surface area contributed by atoms with Crippen LogP contribution in [0.15, 0.2) is 30.3 Å². The molecule has 3 aromatic rings. The van der Waals surface area contributed by atoms with Gasteiger partial charge in [0.15, 0.2) is 5.78 Å². The second-order valence-corrected chi connectivity index (χ2v) is 10.1. The quantitative estimate of drug-likeness (QED) is 0.512. The zero-order chi connectivity index (χ0) is 21.4. The summed E-state index contributed by atoms with van der Waals surface area (Å²) in [6, 6.07) is 10.5. The number of benzene rings is 1. The Labute approximate surface area is 188 Å². The number of para-hydroxylation sites is 1. The van der Waals surface area contributed by atoms with Crippen molar-refractivity contribution in [3.63, 3.8) is 0 Å². The van der Waals surface area contributed by atoms with Gasteiger partial charge in [-0.2, -0.15) is 0 Å². The van der Waals surface area contributed by atoms with Crippen LogP contribution in [0, 0.1) is 13.8 Å². The minimum absolute atomic E-state index is 0.241. The molecule has 164 valence electrons. The van der Waals surface area contributed by atoms with E-state index in [-0.39, 0.29) is 11.9 Å². The predicted molar refractivity (Wildman–Crippen MR) is 125 cm³/mol. The number of likely N-dealkylation sites (tertiary alicyclic amines) is 1. The summed E-state index contributed by atoms with van der Waals surface area (Å²) >= 11 is 1.83. The van der Waals surface area contributed by atoms with Crippen molar-refractivity contribution in [3.8, 4) is 0 Å². The van der Waals surface area contributed by atoms with E-state index in [1.165, 1.54) is 9.71 Å². The number of fused-ring (bicyclic) bond motifs is 1. The van der Waals surface area contributed by atoms with Crippen LogP contribution < -0.4 is 0 Å². The zero-order valence-electron chi connectivity index (χ0n) is 18.5. The molecule has 0 saturated carbocycles. The molecule has 0 amide bonds. The summed E-state index contributed by atoms with van der Waals surface area (Å²) in [6.07, 6.45) is 4.69. The van der Waals surface area contributed by atoms with Crippen molar-refractivity contribution in [2.45, 2.75) is 58.1 Å². The Bertz CT molecular complexity index is 1040. The van der Waals surface area contributed by atoms with Crippen molar-refractivity contribution >= 4 is 27.3 Å². The molecule has 1 aromatic carbocycles. The number of hydrogen-bond donors (Lipinski definition) is 0. The molecular weight excluding hydrogens is 406 g/mol. The van der Waals surface area contributed by atoms with Gasteiger partial charge in [0.1, 0.15) is 0 Å². The SMILES string of the molecule is Cc1cc(C(=O)CN2CCC(c3nc4ccccc4s3)CC2)c(C)n1C[C@@H]1CCCO1. The first-order valence-corrected chi connectivity index (χ1v) is 12.3. The molecule has 0 spiro atoms. The fourth-order valence-corrected chi connectivity index (χ4v) is 6.18. The molecular formula is C25H31N3O2S. The highest BCUT2D eigenvalue weighted by Crippen LogP contribution is 2.34. The summed E-state index contributed by atoms with van der Waals surface area (Å²) in [7, 11) is 0. The molecule has 2 aromatic heterocycles. The van der Waals surface area contributed by atoms with Crippen molar-refractivity contribution in [2.24, 2.45) is 0 Å². The molecule has 2 fully saturated rings. The minimum Gasteiger partial charge on any atom is -0.376 e. The van der Waals surface area contributed by atoms with Crippen LogP contribution in [0.25, 0.3) is 10.2 Å². The summed E-state index contributed by atoms with van der Waals surface area (Å²) < 4.78 is 9.34. The number of carbonyl (C=O) groups is 1. The third-order valence-corrected chi connectivity index (χ3v) is 8.10. The van der Waals surface area contributed by atoms with Crippen molar-refractivity contribution in [2.75, 3.05) is 26.2 Å². The third kappa shape index (κ3) is 4.34. The molecule has 1 atom stereocenters. The van der Waals surface area contributed by atoms with E-state index < -0.39 is 0 Å². The maximum Gasteiger partial charge on any atom is 0.178 e. The van der Waals surface area contributed by atoms with Crippen molar-refractivity contribution in [1.82, 2.24) is 14.5 Å². The van der Waals surface area contributed by atoms with Gasteiger partial charge >= 0.3 is 0 Å². The van der Waals surface area contributed by atoms with Crippen LogP contribution in [0.3, 0.4) is 0 Å². The van der Waals surface area contributed by atoms with Crippen LogP contribution in [0.4, 0.5) is 0 Å². The average Bonchev–Trinajstić information content (AvgIpc) is 3.50. The smallest absolute Gasteiger partial charge is 0.178 e. The topological polar surface area (TPSA) is 47.4 Å². The molecule has 0 unspecified atom stereocenters. The van der Waals surface area contributed by atoms with Crippen LogP contribution in [0.2, 0.25) is 0 Å². The number of nitrogens with zero attached hydrogens (tertiary/aromatic N) is 3. The van der Waals surface area contributed by atoms with E-state index in [2.05, 4.69) is 53.6 Å². The maximum atomic E-state index is 13.1. The molecule has 5 rings (SSSR count). The normalized spacial score (nSPS) is 20.6. The number of ether oxygens (including phenoxy) is 1. The van der Waals surface area contributed by atoms with Crippen LogP contribution in [0.1, 0.15) is 58.4 Å². The molecule has 6 heteroatoms. The summed E-state index contributed by atoms with van der Waals surface area (Å²) in [5, 5.41) is 1.25. The largest absolute Gasteiger partial charge is 0.376 e. The lowest BCUT2D eigenvalue weighted by atomic mass is 9.97. The molecule has 0 radical (unpaired) electrons. The van der Waals surface area contributed by atoms with Crippen LogP contribution >= 0.6 is 11.3 Å². The van der Waals surface area contributed by atoms with E-state index >= 15 is 0 Å². The minimum atomic E-state index is 0.241. The molecule has 0 N–H and O–H groups in total. The molecule has 2 saturated heterocycles. The maximum absolute atomic E-state index is 13.1. The Morgan fingerprint density at radius 1 is 1.19 bits per heavy atom. The standard InChI is InChI=1S/C25H31N3O2S/c1-17-14-21(18(2)28(17)15-20-6-5-13-30-20)23(29)16-27-11-9-19(10-12-27)25-26-22-7-3-4-8-24(22)31-25/h3-4,7-8,14,19-20H,5-6,9-13,15-16H2,1-2H3/t20-/m0/s1. The van der Waals surface area contributed by atoms with Crippen molar-refractivity contribution in [1.29, 1.82) is 0 Å². The molecule has 5 nitrogen and oxygen atoms in total. The van der Waals surface area contributed by atoms with Crippen molar-refractivity contribution in [3.05, 3.63) is 52.3 Å². The zero-order valence-corrected chi connectivity index (χ0v) is 19.3. The van der Waals surface area contributed by atoms with Gasteiger partial charge < -0.3 is 9.30 Å². The van der Waals surface area contributed by atoms with Gasteiger partial charge in [0.2, 0.25) is 0 Å². The Balaban J connectivity index is 1.20. The fraction of sp³-hybridized carbons (Fsp3) is 0.520. The first-order chi connectivity index (χ1) is 15.1. The predicted octanol–water partition coefficient (Wildman–Crippen LogP) is 4.96. The summed E-state index contributed by atoms with van der Waals surface area (Å²) in [5.74, 6) is 0.755. The van der Waals surface area contributed by atoms with Gasteiger partial charge in [0.25, 0.3) is 0 Å². The highest BCUT2D eigenvalue weighted by molar-refractivity contribution is 7.18. The highest BCUT2D eigenvalue weighted by Gasteiger charge is 2.26. The van der Waals surface area contributed by atoms with Gasteiger partial charge in [-0.25, -0.2) is 4.98 Å². The number of carbonyl (C=O) groups excluding carboxylic acids is 1. The average molecular weight is 438 g/mol. The van der Waals surface area contributed by atoms with E-state index in [0.717, 1.165) is 74.4 Å². The van der Waals surface area contributed by atoms with Gasteiger partial charge in [0, 0.05) is 36.0 Å². The molecule has 31 heavy (non-hydrogen) atoms. The van der Waals surface area contributed by atoms with Gasteiger partial charge in [0.05, 0.1) is 27.9 Å².